The molecule has 0 radical (unpaired) electrons. The highest BCUT2D eigenvalue weighted by Gasteiger charge is 2.27. The first-order chi connectivity index (χ1) is 14.0. The van der Waals surface area contributed by atoms with Crippen molar-refractivity contribution in [2.24, 2.45) is 5.92 Å². The van der Waals surface area contributed by atoms with E-state index in [1.165, 1.54) is 0 Å². The van der Waals surface area contributed by atoms with Crippen LogP contribution in [0.4, 0.5) is 5.69 Å². The predicted octanol–water partition coefficient (Wildman–Crippen LogP) is 3.43. The smallest absolute Gasteiger partial charge is 0.227 e. The van der Waals surface area contributed by atoms with Gasteiger partial charge in [0.15, 0.2) is 0 Å². The molecule has 1 saturated heterocycles. The molecule has 1 fully saturated rings. The summed E-state index contributed by atoms with van der Waals surface area (Å²) in [4.78, 5) is 27.1. The Kier molecular flexibility index (Phi) is 6.75. The van der Waals surface area contributed by atoms with Gasteiger partial charge in [-0.3, -0.25) is 9.59 Å². The Hall–Kier alpha value is -3.02. The third-order valence-electron chi connectivity index (χ3n) is 5.41. The first kappa shape index (κ1) is 20.7. The molecule has 0 spiro atoms. The van der Waals surface area contributed by atoms with E-state index in [4.69, 9.17) is 9.47 Å². The number of methoxy groups -OCH3 is 2. The number of carbonyl (C=O) groups excluding carboxylic acids is 2. The number of nitrogens with one attached hydrogen (secondary N) is 1. The molecule has 6 nitrogen and oxygen atoms in total. The van der Waals surface area contributed by atoms with Crippen LogP contribution in [0.1, 0.15) is 24.0 Å². The van der Waals surface area contributed by atoms with Crippen LogP contribution in [0.15, 0.2) is 42.5 Å². The SMILES string of the molecule is COc1cc(CC(=O)N2CCC(C(=O)Nc3ccccc3OC)CC2)ccc1C. The Morgan fingerprint density at radius 2 is 1.72 bits per heavy atom. The van der Waals surface area contributed by atoms with Crippen LogP contribution >= 0.6 is 0 Å². The first-order valence-electron chi connectivity index (χ1n) is 9.87. The zero-order valence-electron chi connectivity index (χ0n) is 17.2. The number of anilines is 1. The fraction of sp³-hybridized carbons (Fsp3) is 0.391. The lowest BCUT2D eigenvalue weighted by Crippen LogP contribution is -2.42. The van der Waals surface area contributed by atoms with E-state index in [0.29, 0.717) is 43.8 Å². The molecule has 1 N–H and O–H groups in total. The Morgan fingerprint density at radius 1 is 1.03 bits per heavy atom. The fourth-order valence-electron chi connectivity index (χ4n) is 3.63. The van der Waals surface area contributed by atoms with Crippen LogP contribution in [0.2, 0.25) is 0 Å². The molecular formula is C23H28N2O4. The van der Waals surface area contributed by atoms with Crippen molar-refractivity contribution in [2.45, 2.75) is 26.2 Å². The summed E-state index contributed by atoms with van der Waals surface area (Å²) in [6.45, 7) is 3.16. The molecule has 29 heavy (non-hydrogen) atoms. The van der Waals surface area contributed by atoms with Gasteiger partial charge in [-0.15, -0.1) is 0 Å². The van der Waals surface area contributed by atoms with Gasteiger partial charge >= 0.3 is 0 Å². The standard InChI is InChI=1S/C23H28N2O4/c1-16-8-9-17(14-21(16)29-3)15-22(26)25-12-10-18(11-13-25)23(27)24-19-6-4-5-7-20(19)28-2/h4-9,14,18H,10-13,15H2,1-3H3,(H,24,27). The highest BCUT2D eigenvalue weighted by atomic mass is 16.5. The van der Waals surface area contributed by atoms with Gasteiger partial charge in [0.2, 0.25) is 11.8 Å². The van der Waals surface area contributed by atoms with Crippen molar-refractivity contribution in [2.75, 3.05) is 32.6 Å². The summed E-state index contributed by atoms with van der Waals surface area (Å²) in [5.74, 6) is 1.39. The second-order valence-electron chi connectivity index (χ2n) is 7.33. The summed E-state index contributed by atoms with van der Waals surface area (Å²) in [6, 6.07) is 13.2. The van der Waals surface area contributed by atoms with Gasteiger partial charge < -0.3 is 19.7 Å². The summed E-state index contributed by atoms with van der Waals surface area (Å²) in [6.07, 6.45) is 1.66. The monoisotopic (exact) mass is 396 g/mol. The van der Waals surface area contributed by atoms with Gasteiger partial charge in [0.05, 0.1) is 26.3 Å². The van der Waals surface area contributed by atoms with Crippen molar-refractivity contribution in [3.63, 3.8) is 0 Å². The number of piperidine rings is 1. The number of nitrogens with zero attached hydrogens (tertiary/aromatic N) is 1. The number of amides is 2. The van der Waals surface area contributed by atoms with Crippen LogP contribution in [0.5, 0.6) is 11.5 Å². The molecule has 3 rings (SSSR count). The van der Waals surface area contributed by atoms with E-state index < -0.39 is 0 Å². The molecule has 1 aliphatic heterocycles. The van der Waals surface area contributed by atoms with Crippen molar-refractivity contribution in [3.8, 4) is 11.5 Å². The minimum atomic E-state index is -0.108. The first-order valence-corrected chi connectivity index (χ1v) is 9.87. The highest BCUT2D eigenvalue weighted by Crippen LogP contribution is 2.26. The van der Waals surface area contributed by atoms with Gasteiger partial charge in [-0.05, 0) is 49.1 Å². The van der Waals surface area contributed by atoms with Gasteiger partial charge in [-0.25, -0.2) is 0 Å². The van der Waals surface area contributed by atoms with Crippen LogP contribution in [-0.4, -0.2) is 44.0 Å². The Balaban J connectivity index is 1.53. The van der Waals surface area contributed by atoms with Gasteiger partial charge in [-0.2, -0.15) is 0 Å². The van der Waals surface area contributed by atoms with E-state index in [2.05, 4.69) is 5.32 Å². The Bertz CT molecular complexity index is 873. The summed E-state index contributed by atoms with van der Waals surface area (Å²) in [5.41, 5.74) is 2.66. The third-order valence-corrected chi connectivity index (χ3v) is 5.41. The van der Waals surface area contributed by atoms with E-state index >= 15 is 0 Å². The highest BCUT2D eigenvalue weighted by molar-refractivity contribution is 5.94. The average molecular weight is 396 g/mol. The maximum atomic E-state index is 12.7. The second kappa shape index (κ2) is 9.45. The van der Waals surface area contributed by atoms with Crippen molar-refractivity contribution < 1.29 is 19.1 Å². The quantitative estimate of drug-likeness (QED) is 0.812. The minimum absolute atomic E-state index is 0.0233. The molecule has 0 aliphatic carbocycles. The molecule has 0 aromatic heterocycles. The fourth-order valence-corrected chi connectivity index (χ4v) is 3.63. The number of hydrogen-bond acceptors (Lipinski definition) is 4. The van der Waals surface area contributed by atoms with Crippen LogP contribution in [0.25, 0.3) is 0 Å². The van der Waals surface area contributed by atoms with Crippen LogP contribution in [0, 0.1) is 12.8 Å². The van der Waals surface area contributed by atoms with Gasteiger partial charge in [0.25, 0.3) is 0 Å². The maximum absolute atomic E-state index is 12.7. The molecule has 1 aliphatic rings. The lowest BCUT2D eigenvalue weighted by Gasteiger charge is -2.31. The Labute approximate surface area is 171 Å². The lowest BCUT2D eigenvalue weighted by molar-refractivity contribution is -0.133. The number of hydrogen-bond donors (Lipinski definition) is 1. The van der Waals surface area contributed by atoms with Crippen molar-refractivity contribution in [1.29, 1.82) is 0 Å². The van der Waals surface area contributed by atoms with Crippen molar-refractivity contribution in [3.05, 3.63) is 53.6 Å². The Morgan fingerprint density at radius 3 is 2.41 bits per heavy atom. The summed E-state index contributed by atoms with van der Waals surface area (Å²) >= 11 is 0. The number of aryl methyl sites for hydroxylation is 1. The van der Waals surface area contributed by atoms with Crippen LogP contribution in [0.3, 0.4) is 0 Å². The predicted molar refractivity (Wildman–Crippen MR) is 112 cm³/mol. The van der Waals surface area contributed by atoms with Gasteiger partial charge in [0, 0.05) is 19.0 Å². The number of rotatable bonds is 6. The largest absolute Gasteiger partial charge is 0.496 e. The lowest BCUT2D eigenvalue weighted by atomic mass is 9.95. The zero-order valence-corrected chi connectivity index (χ0v) is 17.2. The number of likely N-dealkylation sites (tertiary alicyclic amines) is 1. The summed E-state index contributed by atoms with van der Waals surface area (Å²) in [5, 5.41) is 2.95. The van der Waals surface area contributed by atoms with E-state index in [9.17, 15) is 9.59 Å². The van der Waals surface area contributed by atoms with E-state index in [-0.39, 0.29) is 17.7 Å². The summed E-state index contributed by atoms with van der Waals surface area (Å²) in [7, 11) is 3.22. The normalized spacial score (nSPS) is 14.4. The molecule has 0 atom stereocenters. The number of para-hydroxylation sites is 2. The molecule has 2 aromatic rings. The maximum Gasteiger partial charge on any atom is 0.227 e. The molecule has 6 heteroatoms. The molecule has 1 heterocycles. The zero-order chi connectivity index (χ0) is 20.8. The molecular weight excluding hydrogens is 368 g/mol. The number of carbonyl (C=O) groups is 2. The third kappa shape index (κ3) is 5.08. The van der Waals surface area contributed by atoms with Crippen LogP contribution < -0.4 is 14.8 Å². The second-order valence-corrected chi connectivity index (χ2v) is 7.33. The number of ether oxygens (including phenoxy) is 2. The molecule has 154 valence electrons. The van der Waals surface area contributed by atoms with Crippen molar-refractivity contribution >= 4 is 17.5 Å². The molecule has 2 amide bonds. The molecule has 0 bridgehead atoms. The van der Waals surface area contributed by atoms with Gasteiger partial charge in [0.1, 0.15) is 11.5 Å². The topological polar surface area (TPSA) is 67.9 Å². The molecule has 0 unspecified atom stereocenters. The van der Waals surface area contributed by atoms with Crippen molar-refractivity contribution in [1.82, 2.24) is 4.90 Å². The molecule has 2 aromatic carbocycles. The van der Waals surface area contributed by atoms with E-state index in [0.717, 1.165) is 16.9 Å². The minimum Gasteiger partial charge on any atom is -0.496 e. The van der Waals surface area contributed by atoms with Gasteiger partial charge in [-0.1, -0.05) is 24.3 Å². The molecule has 0 saturated carbocycles. The number of benzene rings is 2. The van der Waals surface area contributed by atoms with E-state index in [1.807, 2.05) is 54.3 Å². The van der Waals surface area contributed by atoms with Crippen LogP contribution in [-0.2, 0) is 16.0 Å². The average Bonchev–Trinajstić information content (AvgIpc) is 2.75. The summed E-state index contributed by atoms with van der Waals surface area (Å²) < 4.78 is 10.6. The van der Waals surface area contributed by atoms with E-state index in [1.54, 1.807) is 14.2 Å².